The second-order valence-corrected chi connectivity index (χ2v) is 8.23. The van der Waals surface area contributed by atoms with Crippen molar-refractivity contribution < 1.29 is 14.3 Å². The molecule has 0 radical (unpaired) electrons. The highest BCUT2D eigenvalue weighted by molar-refractivity contribution is 5.94. The zero-order valence-electron chi connectivity index (χ0n) is 17.1. The number of aryl methyl sites for hydroxylation is 2. The Hall–Kier alpha value is -2.82. The molecular weight excluding hydrogens is 364 g/mol. The number of benzene rings is 2. The molecule has 0 saturated heterocycles. The van der Waals surface area contributed by atoms with E-state index in [4.69, 9.17) is 4.74 Å². The van der Waals surface area contributed by atoms with Crippen molar-refractivity contribution in [1.82, 2.24) is 10.2 Å². The number of carbonyl (C=O) groups is 2. The summed E-state index contributed by atoms with van der Waals surface area (Å²) < 4.78 is 5.75. The van der Waals surface area contributed by atoms with Gasteiger partial charge < -0.3 is 15.0 Å². The van der Waals surface area contributed by atoms with Gasteiger partial charge in [-0.15, -0.1) is 0 Å². The van der Waals surface area contributed by atoms with Crippen LogP contribution in [0.5, 0.6) is 5.75 Å². The van der Waals surface area contributed by atoms with Crippen LogP contribution < -0.4 is 10.1 Å². The number of nitrogens with one attached hydrogen (secondary N) is 1. The molecule has 0 heterocycles. The Balaban J connectivity index is 1.35. The number of amides is 2. The van der Waals surface area contributed by atoms with Crippen molar-refractivity contribution in [1.29, 1.82) is 0 Å². The molecule has 2 saturated carbocycles. The number of hydrogen-bond donors (Lipinski definition) is 1. The highest BCUT2D eigenvalue weighted by Gasteiger charge is 2.32. The normalized spacial score (nSPS) is 15.7. The summed E-state index contributed by atoms with van der Waals surface area (Å²) >= 11 is 0. The highest BCUT2D eigenvalue weighted by atomic mass is 16.5. The Bertz CT molecular complexity index is 899. The molecule has 2 aromatic carbocycles. The van der Waals surface area contributed by atoms with Crippen molar-refractivity contribution in [3.05, 3.63) is 64.7 Å². The summed E-state index contributed by atoms with van der Waals surface area (Å²) in [6, 6.07) is 14.1. The van der Waals surface area contributed by atoms with Crippen LogP contribution in [0.15, 0.2) is 42.5 Å². The molecule has 5 heteroatoms. The van der Waals surface area contributed by atoms with E-state index in [1.54, 1.807) is 0 Å². The lowest BCUT2D eigenvalue weighted by molar-refractivity contribution is -0.134. The average Bonchev–Trinajstić information content (AvgIpc) is 3.62. The lowest BCUT2D eigenvalue weighted by Gasteiger charge is -2.23. The molecule has 0 spiro atoms. The standard InChI is InChI=1S/C24H28N2O3/c1-16-3-12-22(13-17(16)2)29-15-23(27)26(21-10-11-21)14-18-4-6-19(7-5-18)24(28)25-20-8-9-20/h3-7,12-13,20-21H,8-11,14-15H2,1-2H3,(H,25,28). The van der Waals surface area contributed by atoms with Crippen molar-refractivity contribution in [2.45, 2.75) is 58.2 Å². The van der Waals surface area contributed by atoms with Crippen molar-refractivity contribution in [3.63, 3.8) is 0 Å². The molecule has 0 atom stereocenters. The molecule has 0 aliphatic heterocycles. The van der Waals surface area contributed by atoms with E-state index in [-0.39, 0.29) is 18.4 Å². The Kier molecular flexibility index (Phi) is 5.56. The first-order valence-corrected chi connectivity index (χ1v) is 10.4. The van der Waals surface area contributed by atoms with Gasteiger partial charge in [0.25, 0.3) is 11.8 Å². The average molecular weight is 392 g/mol. The van der Waals surface area contributed by atoms with Gasteiger partial charge in [0.15, 0.2) is 6.61 Å². The number of rotatable bonds is 8. The number of hydrogen-bond acceptors (Lipinski definition) is 3. The van der Waals surface area contributed by atoms with Crippen LogP contribution in [0.25, 0.3) is 0 Å². The minimum absolute atomic E-state index is 0.00119. The van der Waals surface area contributed by atoms with Crippen molar-refractivity contribution in [3.8, 4) is 5.75 Å². The monoisotopic (exact) mass is 392 g/mol. The second-order valence-electron chi connectivity index (χ2n) is 8.23. The smallest absolute Gasteiger partial charge is 0.261 e. The Morgan fingerprint density at radius 2 is 1.72 bits per heavy atom. The van der Waals surface area contributed by atoms with Gasteiger partial charge in [0.1, 0.15) is 5.75 Å². The van der Waals surface area contributed by atoms with E-state index in [1.807, 2.05) is 54.3 Å². The van der Waals surface area contributed by atoms with E-state index in [2.05, 4.69) is 12.2 Å². The van der Waals surface area contributed by atoms with Crippen molar-refractivity contribution in [2.75, 3.05) is 6.61 Å². The summed E-state index contributed by atoms with van der Waals surface area (Å²) in [6.45, 7) is 4.68. The Labute approximate surface area is 172 Å². The zero-order chi connectivity index (χ0) is 20.4. The van der Waals surface area contributed by atoms with E-state index >= 15 is 0 Å². The molecular formula is C24H28N2O3. The molecule has 5 nitrogen and oxygen atoms in total. The first kappa shape index (κ1) is 19.5. The fourth-order valence-electron chi connectivity index (χ4n) is 3.29. The van der Waals surface area contributed by atoms with Crippen molar-refractivity contribution >= 4 is 11.8 Å². The maximum absolute atomic E-state index is 12.8. The van der Waals surface area contributed by atoms with Gasteiger partial charge in [-0.1, -0.05) is 18.2 Å². The van der Waals surface area contributed by atoms with Gasteiger partial charge in [-0.05, 0) is 80.5 Å². The summed E-state index contributed by atoms with van der Waals surface area (Å²) in [6.07, 6.45) is 4.23. The summed E-state index contributed by atoms with van der Waals surface area (Å²) in [5.74, 6) is 0.709. The van der Waals surface area contributed by atoms with Crippen LogP contribution >= 0.6 is 0 Å². The fraction of sp³-hybridized carbons (Fsp3) is 0.417. The first-order valence-electron chi connectivity index (χ1n) is 10.4. The zero-order valence-corrected chi connectivity index (χ0v) is 17.1. The molecule has 2 amide bonds. The molecule has 2 aliphatic carbocycles. The minimum Gasteiger partial charge on any atom is -0.484 e. The Morgan fingerprint density at radius 1 is 1.00 bits per heavy atom. The van der Waals surface area contributed by atoms with Crippen LogP contribution in [-0.2, 0) is 11.3 Å². The molecule has 0 aromatic heterocycles. The summed E-state index contributed by atoms with van der Waals surface area (Å²) in [5, 5.41) is 3.00. The molecule has 152 valence electrons. The molecule has 1 N–H and O–H groups in total. The second kappa shape index (κ2) is 8.27. The lowest BCUT2D eigenvalue weighted by Crippen LogP contribution is -2.36. The molecule has 0 bridgehead atoms. The molecule has 29 heavy (non-hydrogen) atoms. The predicted octanol–water partition coefficient (Wildman–Crippen LogP) is 3.77. The SMILES string of the molecule is Cc1ccc(OCC(=O)N(Cc2ccc(C(=O)NC3CC3)cc2)C2CC2)cc1C. The maximum atomic E-state index is 12.8. The summed E-state index contributed by atoms with van der Waals surface area (Å²) in [7, 11) is 0. The number of ether oxygens (including phenoxy) is 1. The van der Waals surface area contributed by atoms with Crippen molar-refractivity contribution in [2.24, 2.45) is 0 Å². The lowest BCUT2D eigenvalue weighted by atomic mass is 10.1. The molecule has 2 fully saturated rings. The predicted molar refractivity (Wildman–Crippen MR) is 112 cm³/mol. The van der Waals surface area contributed by atoms with Gasteiger partial charge in [0.2, 0.25) is 0 Å². The maximum Gasteiger partial charge on any atom is 0.261 e. The quantitative estimate of drug-likeness (QED) is 0.744. The van der Waals surface area contributed by atoms with Crippen LogP contribution in [0.4, 0.5) is 0 Å². The molecule has 4 rings (SSSR count). The van der Waals surface area contributed by atoms with E-state index in [1.165, 1.54) is 5.56 Å². The summed E-state index contributed by atoms with van der Waals surface area (Å²) in [4.78, 5) is 26.8. The Morgan fingerprint density at radius 3 is 2.34 bits per heavy atom. The van der Waals surface area contributed by atoms with E-state index in [0.717, 1.165) is 42.6 Å². The molecule has 2 aliphatic rings. The topological polar surface area (TPSA) is 58.6 Å². The van der Waals surface area contributed by atoms with Gasteiger partial charge in [-0.2, -0.15) is 0 Å². The van der Waals surface area contributed by atoms with Gasteiger partial charge in [0, 0.05) is 24.2 Å². The van der Waals surface area contributed by atoms with E-state index < -0.39 is 0 Å². The van der Waals surface area contributed by atoms with Gasteiger partial charge in [-0.25, -0.2) is 0 Å². The van der Waals surface area contributed by atoms with Crippen LogP contribution in [0.3, 0.4) is 0 Å². The largest absolute Gasteiger partial charge is 0.484 e. The van der Waals surface area contributed by atoms with Gasteiger partial charge in [0.05, 0.1) is 0 Å². The summed E-state index contributed by atoms with van der Waals surface area (Å²) in [5.41, 5.74) is 4.06. The van der Waals surface area contributed by atoms with Crippen LogP contribution in [0, 0.1) is 13.8 Å². The third-order valence-corrected chi connectivity index (χ3v) is 5.63. The number of carbonyl (C=O) groups excluding carboxylic acids is 2. The van der Waals surface area contributed by atoms with E-state index in [9.17, 15) is 9.59 Å². The first-order chi connectivity index (χ1) is 14.0. The molecule has 0 unspecified atom stereocenters. The molecule has 2 aromatic rings. The van der Waals surface area contributed by atoms with Gasteiger partial charge in [-0.3, -0.25) is 9.59 Å². The van der Waals surface area contributed by atoms with Crippen LogP contribution in [0.2, 0.25) is 0 Å². The van der Waals surface area contributed by atoms with Gasteiger partial charge >= 0.3 is 0 Å². The third kappa shape index (κ3) is 5.17. The third-order valence-electron chi connectivity index (χ3n) is 5.63. The van der Waals surface area contributed by atoms with E-state index in [0.29, 0.717) is 24.2 Å². The van der Waals surface area contributed by atoms with Crippen LogP contribution in [0.1, 0.15) is 52.7 Å². The minimum atomic E-state index is -0.0176. The highest BCUT2D eigenvalue weighted by Crippen LogP contribution is 2.29. The number of nitrogens with zero attached hydrogens (tertiary/aromatic N) is 1. The van der Waals surface area contributed by atoms with Crippen LogP contribution in [-0.4, -0.2) is 35.4 Å². The fourth-order valence-corrected chi connectivity index (χ4v) is 3.29.